The molecule has 0 aromatic heterocycles. The largest absolute Gasteiger partial charge is 0.497 e. The number of carbonyl (C=O) groups is 2. The molecule has 2 amide bonds. The topological polar surface area (TPSA) is 67.9 Å². The van der Waals surface area contributed by atoms with Gasteiger partial charge in [-0.05, 0) is 30.7 Å². The Morgan fingerprint density at radius 3 is 2.81 bits per heavy atom. The minimum atomic E-state index is -0.237. The Bertz CT molecular complexity index is 806. The van der Waals surface area contributed by atoms with E-state index in [4.69, 9.17) is 9.47 Å². The van der Waals surface area contributed by atoms with Gasteiger partial charge in [-0.2, -0.15) is 0 Å². The number of nitrogens with zero attached hydrogens (tertiary/aromatic N) is 1. The van der Waals surface area contributed by atoms with Gasteiger partial charge >= 0.3 is 0 Å². The first kappa shape index (κ1) is 17.8. The van der Waals surface area contributed by atoms with Gasteiger partial charge < -0.3 is 19.7 Å². The summed E-state index contributed by atoms with van der Waals surface area (Å²) in [6, 6.07) is 14.6. The van der Waals surface area contributed by atoms with Crippen molar-refractivity contribution < 1.29 is 19.1 Å². The maximum Gasteiger partial charge on any atom is 0.258 e. The van der Waals surface area contributed by atoms with Crippen molar-refractivity contribution in [2.24, 2.45) is 0 Å². The monoisotopic (exact) mass is 354 g/mol. The van der Waals surface area contributed by atoms with Crippen LogP contribution in [0, 0.1) is 6.92 Å². The highest BCUT2D eigenvalue weighted by Gasteiger charge is 2.31. The molecule has 0 spiro atoms. The third kappa shape index (κ3) is 4.14. The third-order valence-electron chi connectivity index (χ3n) is 4.31. The molecule has 1 heterocycles. The summed E-state index contributed by atoms with van der Waals surface area (Å²) in [6.45, 7) is 2.28. The van der Waals surface area contributed by atoms with E-state index in [1.165, 1.54) is 0 Å². The molecular weight excluding hydrogens is 332 g/mol. The van der Waals surface area contributed by atoms with Crippen LogP contribution in [0.15, 0.2) is 48.5 Å². The van der Waals surface area contributed by atoms with Gasteiger partial charge in [0.05, 0.1) is 13.2 Å². The summed E-state index contributed by atoms with van der Waals surface area (Å²) in [5.74, 6) is 1.11. The van der Waals surface area contributed by atoms with Gasteiger partial charge in [-0.25, -0.2) is 0 Å². The van der Waals surface area contributed by atoms with Crippen LogP contribution in [0.25, 0.3) is 0 Å². The molecule has 1 aliphatic rings. The lowest BCUT2D eigenvalue weighted by Crippen LogP contribution is -2.39. The number of carbonyl (C=O) groups excluding carboxylic acids is 2. The molecule has 0 aliphatic carbocycles. The minimum Gasteiger partial charge on any atom is -0.497 e. The first-order chi connectivity index (χ1) is 12.6. The fraction of sp³-hybridized carbons (Fsp3) is 0.300. The van der Waals surface area contributed by atoms with E-state index in [1.54, 1.807) is 12.0 Å². The molecule has 26 heavy (non-hydrogen) atoms. The summed E-state index contributed by atoms with van der Waals surface area (Å²) in [6.07, 6.45) is 0.271. The molecule has 0 radical (unpaired) electrons. The van der Waals surface area contributed by atoms with Crippen molar-refractivity contribution in [1.82, 2.24) is 5.32 Å². The van der Waals surface area contributed by atoms with Gasteiger partial charge in [0, 0.05) is 24.7 Å². The smallest absolute Gasteiger partial charge is 0.258 e. The Kier molecular flexibility index (Phi) is 5.41. The highest BCUT2D eigenvalue weighted by atomic mass is 16.5. The van der Waals surface area contributed by atoms with Gasteiger partial charge in [0.1, 0.15) is 11.5 Å². The second kappa shape index (κ2) is 7.91. The van der Waals surface area contributed by atoms with Gasteiger partial charge in [-0.3, -0.25) is 9.59 Å². The van der Waals surface area contributed by atoms with Crippen LogP contribution in [0.2, 0.25) is 0 Å². The van der Waals surface area contributed by atoms with Crippen LogP contribution in [-0.4, -0.2) is 38.1 Å². The molecule has 2 aromatic carbocycles. The molecular formula is C20H22N2O4. The molecule has 1 saturated heterocycles. The first-order valence-electron chi connectivity index (χ1n) is 8.49. The molecule has 136 valence electrons. The maximum absolute atomic E-state index is 12.3. The Balaban J connectivity index is 1.55. The van der Waals surface area contributed by atoms with Gasteiger partial charge in [0.2, 0.25) is 5.91 Å². The first-order valence-corrected chi connectivity index (χ1v) is 8.49. The molecule has 1 atom stereocenters. The lowest BCUT2D eigenvalue weighted by molar-refractivity contribution is -0.123. The standard InChI is InChI=1S/C20H22N2O4/c1-14-6-3-4-9-18(14)26-13-19(23)21-15-10-20(24)22(12-15)16-7-5-8-17(11-16)25-2/h3-9,11,15H,10,12-13H2,1-2H3,(H,21,23)/t15-/m1/s1. The number of hydrogen-bond acceptors (Lipinski definition) is 4. The molecule has 0 unspecified atom stereocenters. The summed E-state index contributed by atoms with van der Waals surface area (Å²) in [7, 11) is 1.59. The highest BCUT2D eigenvalue weighted by Crippen LogP contribution is 2.25. The van der Waals surface area contributed by atoms with E-state index in [-0.39, 0.29) is 30.9 Å². The highest BCUT2D eigenvalue weighted by molar-refractivity contribution is 5.97. The lowest BCUT2D eigenvalue weighted by atomic mass is 10.2. The number of para-hydroxylation sites is 1. The predicted octanol–water partition coefficient (Wildman–Crippen LogP) is 2.30. The molecule has 1 N–H and O–H groups in total. The molecule has 0 saturated carbocycles. The average Bonchev–Trinajstić information content (AvgIpc) is 3.01. The van der Waals surface area contributed by atoms with Crippen molar-refractivity contribution in [3.8, 4) is 11.5 Å². The van der Waals surface area contributed by atoms with E-state index < -0.39 is 0 Å². The molecule has 3 rings (SSSR count). The van der Waals surface area contributed by atoms with Gasteiger partial charge in [0.25, 0.3) is 5.91 Å². The Morgan fingerprint density at radius 1 is 1.23 bits per heavy atom. The number of anilines is 1. The van der Waals surface area contributed by atoms with Crippen molar-refractivity contribution in [2.75, 3.05) is 25.2 Å². The number of methoxy groups -OCH3 is 1. The van der Waals surface area contributed by atoms with Crippen LogP contribution in [0.1, 0.15) is 12.0 Å². The zero-order chi connectivity index (χ0) is 18.5. The Morgan fingerprint density at radius 2 is 2.04 bits per heavy atom. The number of benzene rings is 2. The van der Waals surface area contributed by atoms with Crippen LogP contribution >= 0.6 is 0 Å². The van der Waals surface area contributed by atoms with Crippen molar-refractivity contribution in [3.63, 3.8) is 0 Å². The van der Waals surface area contributed by atoms with Crippen LogP contribution in [0.3, 0.4) is 0 Å². The Labute approximate surface area is 152 Å². The summed E-state index contributed by atoms with van der Waals surface area (Å²) >= 11 is 0. The van der Waals surface area contributed by atoms with Crippen LogP contribution in [0.4, 0.5) is 5.69 Å². The summed E-state index contributed by atoms with van der Waals surface area (Å²) in [5, 5.41) is 2.87. The fourth-order valence-electron chi connectivity index (χ4n) is 2.96. The molecule has 6 nitrogen and oxygen atoms in total. The van der Waals surface area contributed by atoms with Crippen LogP contribution in [-0.2, 0) is 9.59 Å². The number of rotatable bonds is 6. The fourth-order valence-corrected chi connectivity index (χ4v) is 2.96. The second-order valence-electron chi connectivity index (χ2n) is 6.23. The number of hydrogen-bond donors (Lipinski definition) is 1. The number of nitrogens with one attached hydrogen (secondary N) is 1. The van der Waals surface area contributed by atoms with E-state index in [1.807, 2.05) is 55.5 Å². The number of ether oxygens (including phenoxy) is 2. The Hall–Kier alpha value is -3.02. The van der Waals surface area contributed by atoms with Crippen molar-refractivity contribution >= 4 is 17.5 Å². The normalized spacial score (nSPS) is 16.5. The zero-order valence-corrected chi connectivity index (χ0v) is 14.9. The van der Waals surface area contributed by atoms with Gasteiger partial charge in [-0.15, -0.1) is 0 Å². The molecule has 0 bridgehead atoms. The molecule has 6 heteroatoms. The van der Waals surface area contributed by atoms with Crippen molar-refractivity contribution in [3.05, 3.63) is 54.1 Å². The van der Waals surface area contributed by atoms with Crippen molar-refractivity contribution in [2.45, 2.75) is 19.4 Å². The number of amides is 2. The average molecular weight is 354 g/mol. The van der Waals surface area contributed by atoms with Gasteiger partial charge in [0.15, 0.2) is 6.61 Å². The second-order valence-corrected chi connectivity index (χ2v) is 6.23. The molecule has 2 aromatic rings. The summed E-state index contributed by atoms with van der Waals surface area (Å²) in [4.78, 5) is 26.1. The summed E-state index contributed by atoms with van der Waals surface area (Å²) < 4.78 is 10.8. The van der Waals surface area contributed by atoms with Crippen molar-refractivity contribution in [1.29, 1.82) is 0 Å². The maximum atomic E-state index is 12.3. The third-order valence-corrected chi connectivity index (χ3v) is 4.31. The van der Waals surface area contributed by atoms with E-state index in [0.29, 0.717) is 18.0 Å². The summed E-state index contributed by atoms with van der Waals surface area (Å²) in [5.41, 5.74) is 1.74. The lowest BCUT2D eigenvalue weighted by Gasteiger charge is -2.18. The van der Waals surface area contributed by atoms with Gasteiger partial charge in [-0.1, -0.05) is 24.3 Å². The number of aryl methyl sites for hydroxylation is 1. The van der Waals surface area contributed by atoms with E-state index in [0.717, 1.165) is 11.3 Å². The minimum absolute atomic E-state index is 0.0247. The molecule has 1 aliphatic heterocycles. The van der Waals surface area contributed by atoms with Crippen LogP contribution in [0.5, 0.6) is 11.5 Å². The molecule has 1 fully saturated rings. The zero-order valence-electron chi connectivity index (χ0n) is 14.9. The van der Waals surface area contributed by atoms with Crippen LogP contribution < -0.4 is 19.7 Å². The SMILES string of the molecule is COc1cccc(N2C[C@H](NC(=O)COc3ccccc3C)CC2=O)c1. The quantitative estimate of drug-likeness (QED) is 0.864. The predicted molar refractivity (Wildman–Crippen MR) is 98.6 cm³/mol. The van der Waals surface area contributed by atoms with E-state index >= 15 is 0 Å². The van der Waals surface area contributed by atoms with E-state index in [9.17, 15) is 9.59 Å². The van der Waals surface area contributed by atoms with E-state index in [2.05, 4.69) is 5.32 Å².